The average molecular weight is 569 g/mol. The van der Waals surface area contributed by atoms with Crippen LogP contribution in [0.4, 0.5) is 20.5 Å². The van der Waals surface area contributed by atoms with E-state index in [4.69, 9.17) is 14.7 Å². The topological polar surface area (TPSA) is 100 Å². The molecule has 6 rings (SSSR count). The second kappa shape index (κ2) is 12.2. The lowest BCUT2D eigenvalue weighted by molar-refractivity contribution is -0.127. The summed E-state index contributed by atoms with van der Waals surface area (Å²) in [6.07, 6.45) is 2.75. The summed E-state index contributed by atoms with van der Waals surface area (Å²) in [6, 6.07) is 9.15. The number of fused-ring (bicyclic) bond motifs is 1. The normalized spacial score (nSPS) is 24.1. The van der Waals surface area contributed by atoms with E-state index in [0.29, 0.717) is 54.9 Å². The number of likely N-dealkylation sites (tertiary alicyclic amines) is 1. The Labute approximate surface area is 238 Å². The van der Waals surface area contributed by atoms with Crippen LogP contribution in [0.25, 0.3) is 16.9 Å². The highest BCUT2D eigenvalue weighted by Crippen LogP contribution is 2.30. The van der Waals surface area contributed by atoms with Crippen LogP contribution in [0, 0.1) is 5.92 Å². The third kappa shape index (κ3) is 6.28. The van der Waals surface area contributed by atoms with Gasteiger partial charge in [0.05, 0.1) is 30.2 Å². The third-order valence-corrected chi connectivity index (χ3v) is 8.43. The molecular formula is C29H38F2N8O2. The highest BCUT2D eigenvalue weighted by atomic mass is 19.3. The first-order valence-electron chi connectivity index (χ1n) is 14.7. The number of halogens is 2. The predicted molar refractivity (Wildman–Crippen MR) is 153 cm³/mol. The van der Waals surface area contributed by atoms with Crippen LogP contribution >= 0.6 is 0 Å². The minimum Gasteiger partial charge on any atom is -0.378 e. The molecule has 2 aliphatic heterocycles. The molecule has 1 saturated carbocycles. The van der Waals surface area contributed by atoms with Crippen molar-refractivity contribution in [1.82, 2.24) is 29.7 Å². The zero-order valence-corrected chi connectivity index (χ0v) is 23.4. The van der Waals surface area contributed by atoms with Crippen molar-refractivity contribution in [2.24, 2.45) is 5.92 Å². The number of imidazole rings is 1. The van der Waals surface area contributed by atoms with Gasteiger partial charge in [0.2, 0.25) is 11.9 Å². The average Bonchev–Trinajstić information content (AvgIpc) is 3.39. The number of rotatable bonds is 7. The molecule has 1 aliphatic carbocycles. The van der Waals surface area contributed by atoms with Crippen molar-refractivity contribution in [3.8, 4) is 5.82 Å². The highest BCUT2D eigenvalue weighted by Gasteiger charge is 2.29. The molecule has 0 bridgehead atoms. The molecule has 3 aromatic rings. The number of aromatic nitrogens is 4. The maximum Gasteiger partial charge on any atom is 0.296 e. The first-order chi connectivity index (χ1) is 19.9. The minimum atomic E-state index is -2.76. The summed E-state index contributed by atoms with van der Waals surface area (Å²) >= 11 is 0. The van der Waals surface area contributed by atoms with Gasteiger partial charge in [-0.25, -0.2) is 13.8 Å². The summed E-state index contributed by atoms with van der Waals surface area (Å²) in [5.41, 5.74) is 1.06. The first kappa shape index (κ1) is 27.8. The molecule has 4 heterocycles. The number of alkyl halides is 2. The van der Waals surface area contributed by atoms with Crippen molar-refractivity contribution in [3.63, 3.8) is 0 Å². The van der Waals surface area contributed by atoms with Gasteiger partial charge in [0.1, 0.15) is 11.6 Å². The summed E-state index contributed by atoms with van der Waals surface area (Å²) in [4.78, 5) is 30.8. The number of benzene rings is 1. The van der Waals surface area contributed by atoms with Crippen LogP contribution in [0.5, 0.6) is 0 Å². The van der Waals surface area contributed by atoms with E-state index in [2.05, 4.69) is 27.6 Å². The van der Waals surface area contributed by atoms with E-state index in [1.54, 1.807) is 24.3 Å². The highest BCUT2D eigenvalue weighted by molar-refractivity contribution is 5.79. The summed E-state index contributed by atoms with van der Waals surface area (Å²) in [5.74, 6) is 1.32. The van der Waals surface area contributed by atoms with Crippen molar-refractivity contribution < 1.29 is 18.3 Å². The Morgan fingerprint density at radius 1 is 1.00 bits per heavy atom. The zero-order chi connectivity index (χ0) is 28.3. The molecule has 0 radical (unpaired) electrons. The summed E-state index contributed by atoms with van der Waals surface area (Å²) in [5, 5.41) is 6.84. The minimum absolute atomic E-state index is 0.0695. The summed E-state index contributed by atoms with van der Waals surface area (Å²) in [6.45, 7) is 4.23. The molecule has 220 valence electrons. The number of hydrogen-bond acceptors (Lipinski definition) is 8. The lowest BCUT2D eigenvalue weighted by Gasteiger charge is -2.33. The molecule has 1 unspecified atom stereocenters. The Morgan fingerprint density at radius 3 is 2.51 bits per heavy atom. The fraction of sp³-hybridized carbons (Fsp3) is 0.586. The SMILES string of the molecule is CN1CCCC(C(=O)N[C@H]2CC[C@H](Nc3cc(-n4c(C(F)F)nc5ccccc54)nc(N4CCOCC4)n3)CC2)C1. The van der Waals surface area contributed by atoms with Gasteiger partial charge in [-0.2, -0.15) is 9.97 Å². The van der Waals surface area contributed by atoms with Gasteiger partial charge in [0.25, 0.3) is 6.43 Å². The smallest absolute Gasteiger partial charge is 0.296 e. The van der Waals surface area contributed by atoms with Crippen molar-refractivity contribution in [1.29, 1.82) is 0 Å². The zero-order valence-electron chi connectivity index (χ0n) is 23.4. The van der Waals surface area contributed by atoms with Crippen LogP contribution in [0.3, 0.4) is 0 Å². The lowest BCUT2D eigenvalue weighted by atomic mass is 9.90. The van der Waals surface area contributed by atoms with E-state index in [1.165, 1.54) is 4.57 Å². The van der Waals surface area contributed by atoms with Gasteiger partial charge in [0, 0.05) is 37.8 Å². The molecule has 3 aliphatic rings. The van der Waals surface area contributed by atoms with E-state index in [9.17, 15) is 13.6 Å². The number of amides is 1. The molecule has 10 nitrogen and oxygen atoms in total. The molecule has 2 saturated heterocycles. The Bertz CT molecular complexity index is 1350. The molecule has 41 heavy (non-hydrogen) atoms. The number of anilines is 2. The summed E-state index contributed by atoms with van der Waals surface area (Å²) < 4.78 is 35.2. The Balaban J connectivity index is 1.20. The molecule has 2 N–H and O–H groups in total. The fourth-order valence-electron chi connectivity index (χ4n) is 6.24. The largest absolute Gasteiger partial charge is 0.378 e. The van der Waals surface area contributed by atoms with Crippen LogP contribution < -0.4 is 15.5 Å². The molecule has 1 atom stereocenters. The number of nitrogens with zero attached hydrogens (tertiary/aromatic N) is 6. The molecule has 1 amide bonds. The Hall–Kier alpha value is -3.38. The van der Waals surface area contributed by atoms with Crippen LogP contribution in [0.2, 0.25) is 0 Å². The summed E-state index contributed by atoms with van der Waals surface area (Å²) in [7, 11) is 2.07. The second-order valence-electron chi connectivity index (χ2n) is 11.4. The number of morpholine rings is 1. The monoisotopic (exact) mass is 568 g/mol. The van der Waals surface area contributed by atoms with Gasteiger partial charge >= 0.3 is 0 Å². The number of ether oxygens (including phenoxy) is 1. The number of hydrogen-bond donors (Lipinski definition) is 2. The van der Waals surface area contributed by atoms with Gasteiger partial charge in [-0.3, -0.25) is 9.36 Å². The maximum absolute atomic E-state index is 14.1. The van der Waals surface area contributed by atoms with Crippen molar-refractivity contribution in [2.45, 2.75) is 57.0 Å². The van der Waals surface area contributed by atoms with E-state index in [1.807, 2.05) is 11.0 Å². The number of carbonyl (C=O) groups excluding carboxylic acids is 1. The van der Waals surface area contributed by atoms with Gasteiger partial charge in [-0.15, -0.1) is 0 Å². The van der Waals surface area contributed by atoms with Gasteiger partial charge < -0.3 is 25.2 Å². The van der Waals surface area contributed by atoms with Gasteiger partial charge in [-0.1, -0.05) is 12.1 Å². The molecule has 0 spiro atoms. The first-order valence-corrected chi connectivity index (χ1v) is 14.7. The predicted octanol–water partition coefficient (Wildman–Crippen LogP) is 3.77. The maximum atomic E-state index is 14.1. The van der Waals surface area contributed by atoms with Gasteiger partial charge in [0.15, 0.2) is 5.82 Å². The Kier molecular flexibility index (Phi) is 8.29. The van der Waals surface area contributed by atoms with Crippen LogP contribution in [0.1, 0.15) is 50.8 Å². The second-order valence-corrected chi connectivity index (χ2v) is 11.4. The quantitative estimate of drug-likeness (QED) is 0.445. The fourth-order valence-corrected chi connectivity index (χ4v) is 6.24. The van der Waals surface area contributed by atoms with E-state index in [0.717, 1.165) is 51.6 Å². The molecule has 2 aromatic heterocycles. The Morgan fingerprint density at radius 2 is 1.76 bits per heavy atom. The number of para-hydroxylation sites is 2. The van der Waals surface area contributed by atoms with Crippen molar-refractivity contribution >= 4 is 28.7 Å². The molecule has 12 heteroatoms. The van der Waals surface area contributed by atoms with E-state index >= 15 is 0 Å². The standard InChI is InChI=1S/C29H38F2N8O2/c1-37-12-4-5-19(18-37)28(40)33-21-10-8-20(9-11-21)32-24-17-25(36-29(35-24)38-13-15-41-16-14-38)39-23-7-3-2-6-22(23)34-27(39)26(30)31/h2-3,6-7,17,19-21,26H,4-5,8-16,18H2,1H3,(H,33,40)(H,32,35,36)/t19?,20-,21-. The van der Waals surface area contributed by atoms with E-state index < -0.39 is 6.43 Å². The van der Waals surface area contributed by atoms with Gasteiger partial charge in [-0.05, 0) is 64.3 Å². The van der Waals surface area contributed by atoms with Crippen LogP contribution in [0.15, 0.2) is 30.3 Å². The number of piperidine rings is 1. The molecule has 1 aromatic carbocycles. The van der Waals surface area contributed by atoms with Crippen molar-refractivity contribution in [2.75, 3.05) is 56.7 Å². The lowest BCUT2D eigenvalue weighted by Crippen LogP contribution is -2.46. The van der Waals surface area contributed by atoms with Crippen LogP contribution in [-0.4, -0.2) is 88.9 Å². The van der Waals surface area contributed by atoms with Crippen LogP contribution in [-0.2, 0) is 9.53 Å². The molecular weight excluding hydrogens is 530 g/mol. The third-order valence-electron chi connectivity index (χ3n) is 8.43. The van der Waals surface area contributed by atoms with Crippen molar-refractivity contribution in [3.05, 3.63) is 36.2 Å². The molecule has 3 fully saturated rings. The van der Waals surface area contributed by atoms with E-state index in [-0.39, 0.29) is 29.7 Å². The number of nitrogens with one attached hydrogen (secondary N) is 2. The number of carbonyl (C=O) groups is 1.